The highest BCUT2D eigenvalue weighted by Gasteiger charge is 2.29. The summed E-state index contributed by atoms with van der Waals surface area (Å²) >= 11 is 0. The normalized spacial score (nSPS) is 19.6. The summed E-state index contributed by atoms with van der Waals surface area (Å²) in [6, 6.07) is 17.8. The summed E-state index contributed by atoms with van der Waals surface area (Å²) in [6.07, 6.45) is 3.80. The molecule has 1 aliphatic heterocycles. The van der Waals surface area contributed by atoms with Gasteiger partial charge < -0.3 is 9.64 Å². The van der Waals surface area contributed by atoms with Gasteiger partial charge in [-0.25, -0.2) is 4.79 Å². The van der Waals surface area contributed by atoms with Crippen LogP contribution in [-0.2, 0) is 16.0 Å². The van der Waals surface area contributed by atoms with E-state index in [0.717, 1.165) is 30.4 Å². The Labute approximate surface area is 161 Å². The Kier molecular flexibility index (Phi) is 6.28. The number of hydrogen-bond donors (Lipinski definition) is 0. The molecule has 1 amide bonds. The monoisotopic (exact) mass is 365 g/mol. The van der Waals surface area contributed by atoms with Crippen molar-refractivity contribution in [2.75, 3.05) is 6.61 Å². The van der Waals surface area contributed by atoms with Crippen LogP contribution in [0.1, 0.15) is 54.6 Å². The van der Waals surface area contributed by atoms with Crippen molar-refractivity contribution >= 4 is 11.9 Å². The number of rotatable bonds is 5. The van der Waals surface area contributed by atoms with E-state index in [1.54, 1.807) is 6.07 Å². The Morgan fingerprint density at radius 2 is 1.59 bits per heavy atom. The topological polar surface area (TPSA) is 46.6 Å². The van der Waals surface area contributed by atoms with Gasteiger partial charge in [0.2, 0.25) is 0 Å². The highest BCUT2D eigenvalue weighted by Crippen LogP contribution is 2.23. The van der Waals surface area contributed by atoms with E-state index < -0.39 is 5.97 Å². The van der Waals surface area contributed by atoms with Gasteiger partial charge in [0.15, 0.2) is 6.61 Å². The molecule has 3 rings (SSSR count). The highest BCUT2D eigenvalue weighted by atomic mass is 16.5. The molecule has 1 aliphatic rings. The summed E-state index contributed by atoms with van der Waals surface area (Å²) in [5, 5.41) is 0. The van der Waals surface area contributed by atoms with Crippen LogP contribution < -0.4 is 0 Å². The molecule has 4 heteroatoms. The number of carbonyl (C=O) groups excluding carboxylic acids is 2. The van der Waals surface area contributed by atoms with E-state index in [-0.39, 0.29) is 24.6 Å². The van der Waals surface area contributed by atoms with E-state index in [2.05, 4.69) is 13.8 Å². The maximum Gasteiger partial charge on any atom is 0.338 e. The summed E-state index contributed by atoms with van der Waals surface area (Å²) in [7, 11) is 0. The summed E-state index contributed by atoms with van der Waals surface area (Å²) in [5.41, 5.74) is 2.56. The van der Waals surface area contributed by atoms with Gasteiger partial charge in [0.05, 0.1) is 5.56 Å². The number of nitrogens with zero attached hydrogens (tertiary/aromatic N) is 1. The fraction of sp³-hybridized carbons (Fsp3) is 0.391. The Morgan fingerprint density at radius 1 is 0.963 bits per heavy atom. The molecule has 0 saturated carbocycles. The summed E-state index contributed by atoms with van der Waals surface area (Å²) < 4.78 is 5.39. The lowest BCUT2D eigenvalue weighted by atomic mass is 9.97. The molecule has 1 fully saturated rings. The second-order valence-electron chi connectivity index (χ2n) is 7.33. The van der Waals surface area contributed by atoms with E-state index in [1.165, 1.54) is 0 Å². The molecule has 0 spiro atoms. The number of ether oxygens (including phenoxy) is 1. The Bertz CT molecular complexity index is 777. The molecular formula is C23H27NO3. The molecule has 2 atom stereocenters. The predicted molar refractivity (Wildman–Crippen MR) is 106 cm³/mol. The van der Waals surface area contributed by atoms with Crippen molar-refractivity contribution < 1.29 is 14.3 Å². The third-order valence-electron chi connectivity index (χ3n) is 5.28. The third kappa shape index (κ3) is 4.76. The lowest BCUT2D eigenvalue weighted by Crippen LogP contribution is -2.49. The molecule has 1 saturated heterocycles. The van der Waals surface area contributed by atoms with Gasteiger partial charge in [-0.2, -0.15) is 0 Å². The van der Waals surface area contributed by atoms with Crippen molar-refractivity contribution in [3.63, 3.8) is 0 Å². The van der Waals surface area contributed by atoms with Crippen LogP contribution in [-0.4, -0.2) is 35.5 Å². The highest BCUT2D eigenvalue weighted by molar-refractivity contribution is 5.93. The van der Waals surface area contributed by atoms with Crippen LogP contribution in [0.2, 0.25) is 0 Å². The molecule has 142 valence electrons. The molecule has 0 bridgehead atoms. The van der Waals surface area contributed by atoms with Gasteiger partial charge in [-0.15, -0.1) is 0 Å². The number of hydrogen-bond acceptors (Lipinski definition) is 3. The first kappa shape index (κ1) is 19.2. The quantitative estimate of drug-likeness (QED) is 0.745. The Hall–Kier alpha value is -2.62. The Morgan fingerprint density at radius 3 is 2.30 bits per heavy atom. The molecule has 0 aliphatic carbocycles. The largest absolute Gasteiger partial charge is 0.452 e. The first-order chi connectivity index (χ1) is 13.1. The minimum atomic E-state index is -0.438. The number of benzene rings is 2. The summed E-state index contributed by atoms with van der Waals surface area (Å²) in [4.78, 5) is 27.1. The molecule has 0 N–H and O–H groups in total. The standard InChI is InChI=1S/C23H27NO3/c1-17-9-8-10-18(2)24(17)22(25)16-27-23(26)21-14-7-6-13-20(21)15-19-11-4-3-5-12-19/h3-7,11-14,17-18H,8-10,15-16H2,1-2H3/t17-,18-/m1/s1. The van der Waals surface area contributed by atoms with E-state index >= 15 is 0 Å². The fourth-order valence-corrected chi connectivity index (χ4v) is 3.88. The smallest absolute Gasteiger partial charge is 0.338 e. The molecule has 0 radical (unpaired) electrons. The molecule has 27 heavy (non-hydrogen) atoms. The summed E-state index contributed by atoms with van der Waals surface area (Å²) in [6.45, 7) is 3.92. The second kappa shape index (κ2) is 8.85. The van der Waals surface area contributed by atoms with Crippen LogP contribution in [0.3, 0.4) is 0 Å². The SMILES string of the molecule is C[C@@H]1CCC[C@@H](C)N1C(=O)COC(=O)c1ccccc1Cc1ccccc1. The van der Waals surface area contributed by atoms with E-state index in [4.69, 9.17) is 4.74 Å². The molecule has 2 aromatic rings. The van der Waals surface area contributed by atoms with Crippen LogP contribution in [0.25, 0.3) is 0 Å². The first-order valence-corrected chi connectivity index (χ1v) is 9.66. The zero-order chi connectivity index (χ0) is 19.2. The molecule has 2 aromatic carbocycles. The zero-order valence-electron chi connectivity index (χ0n) is 16.1. The van der Waals surface area contributed by atoms with Crippen molar-refractivity contribution in [3.05, 3.63) is 71.3 Å². The maximum absolute atomic E-state index is 12.6. The van der Waals surface area contributed by atoms with Crippen LogP contribution in [0.15, 0.2) is 54.6 Å². The van der Waals surface area contributed by atoms with Crippen LogP contribution in [0, 0.1) is 0 Å². The lowest BCUT2D eigenvalue weighted by Gasteiger charge is -2.38. The van der Waals surface area contributed by atoms with Gasteiger partial charge in [-0.05, 0) is 56.7 Å². The van der Waals surface area contributed by atoms with Crippen molar-refractivity contribution in [2.45, 2.75) is 51.6 Å². The first-order valence-electron chi connectivity index (χ1n) is 9.66. The van der Waals surface area contributed by atoms with Gasteiger partial charge in [0, 0.05) is 12.1 Å². The third-order valence-corrected chi connectivity index (χ3v) is 5.28. The molecular weight excluding hydrogens is 338 g/mol. The number of amides is 1. The number of piperidine rings is 1. The van der Waals surface area contributed by atoms with Crippen LogP contribution in [0.4, 0.5) is 0 Å². The predicted octanol–water partition coefficient (Wildman–Crippen LogP) is 4.22. The minimum absolute atomic E-state index is 0.108. The van der Waals surface area contributed by atoms with Gasteiger partial charge in [0.25, 0.3) is 5.91 Å². The van der Waals surface area contributed by atoms with Crippen LogP contribution >= 0.6 is 0 Å². The molecule has 4 nitrogen and oxygen atoms in total. The van der Waals surface area contributed by atoms with Gasteiger partial charge in [-0.1, -0.05) is 48.5 Å². The van der Waals surface area contributed by atoms with Gasteiger partial charge >= 0.3 is 5.97 Å². The van der Waals surface area contributed by atoms with Crippen LogP contribution in [0.5, 0.6) is 0 Å². The Balaban J connectivity index is 1.65. The number of esters is 1. The second-order valence-corrected chi connectivity index (χ2v) is 7.33. The van der Waals surface area contributed by atoms with E-state index in [1.807, 2.05) is 53.4 Å². The lowest BCUT2D eigenvalue weighted by molar-refractivity contribution is -0.140. The molecule has 0 unspecified atom stereocenters. The zero-order valence-corrected chi connectivity index (χ0v) is 16.1. The van der Waals surface area contributed by atoms with E-state index in [9.17, 15) is 9.59 Å². The molecule has 0 aromatic heterocycles. The fourth-order valence-electron chi connectivity index (χ4n) is 3.88. The number of likely N-dealkylation sites (tertiary alicyclic amines) is 1. The van der Waals surface area contributed by atoms with Crippen molar-refractivity contribution in [1.29, 1.82) is 0 Å². The molecule has 1 heterocycles. The van der Waals surface area contributed by atoms with Gasteiger partial charge in [-0.3, -0.25) is 4.79 Å². The van der Waals surface area contributed by atoms with Gasteiger partial charge in [0.1, 0.15) is 0 Å². The van der Waals surface area contributed by atoms with E-state index in [0.29, 0.717) is 12.0 Å². The number of carbonyl (C=O) groups is 2. The van der Waals surface area contributed by atoms with Crippen molar-refractivity contribution in [3.8, 4) is 0 Å². The average molecular weight is 365 g/mol. The van der Waals surface area contributed by atoms with Crippen molar-refractivity contribution in [1.82, 2.24) is 4.90 Å². The minimum Gasteiger partial charge on any atom is -0.452 e. The maximum atomic E-state index is 12.6. The summed E-state index contributed by atoms with van der Waals surface area (Å²) in [5.74, 6) is -0.546. The average Bonchev–Trinajstić information content (AvgIpc) is 2.67. The van der Waals surface area contributed by atoms with Crippen molar-refractivity contribution in [2.24, 2.45) is 0 Å².